The Balaban J connectivity index is 2.89. The van der Waals surface area contributed by atoms with Crippen LogP contribution in [0.2, 0.25) is 0 Å². The molecule has 0 atom stereocenters. The summed E-state index contributed by atoms with van der Waals surface area (Å²) in [5.74, 6) is 1.62. The summed E-state index contributed by atoms with van der Waals surface area (Å²) in [7, 11) is 0. The van der Waals surface area contributed by atoms with Crippen molar-refractivity contribution in [2.75, 3.05) is 0 Å². The molecule has 0 spiro atoms. The lowest BCUT2D eigenvalue weighted by atomic mass is 10.3. The molecule has 0 unspecified atom stereocenters. The molecular weight excluding hydrogens is 138 g/mol. The number of hydrogen-bond acceptors (Lipinski definition) is 1. The first-order chi connectivity index (χ1) is 5.22. The first kappa shape index (κ1) is 7.62. The SMILES string of the molecule is [C-]#[N+]/C(C)=C\c1ccc(C)o1. The van der Waals surface area contributed by atoms with Crippen LogP contribution in [-0.4, -0.2) is 0 Å². The van der Waals surface area contributed by atoms with E-state index in [4.69, 9.17) is 11.0 Å². The van der Waals surface area contributed by atoms with Crippen LogP contribution < -0.4 is 0 Å². The van der Waals surface area contributed by atoms with Gasteiger partial charge in [0.15, 0.2) is 5.70 Å². The fraction of sp³-hybridized carbons (Fsp3) is 0.222. The summed E-state index contributed by atoms with van der Waals surface area (Å²) < 4.78 is 5.24. The molecule has 2 nitrogen and oxygen atoms in total. The van der Waals surface area contributed by atoms with E-state index >= 15 is 0 Å². The zero-order chi connectivity index (χ0) is 8.27. The van der Waals surface area contributed by atoms with Crippen molar-refractivity contribution in [3.63, 3.8) is 0 Å². The number of hydrogen-bond donors (Lipinski definition) is 0. The maximum absolute atomic E-state index is 6.68. The molecule has 0 saturated carbocycles. The summed E-state index contributed by atoms with van der Waals surface area (Å²) in [4.78, 5) is 3.24. The van der Waals surface area contributed by atoms with Crippen molar-refractivity contribution in [1.29, 1.82) is 0 Å². The summed E-state index contributed by atoms with van der Waals surface area (Å²) in [5, 5.41) is 0. The van der Waals surface area contributed by atoms with E-state index in [1.54, 1.807) is 13.0 Å². The van der Waals surface area contributed by atoms with Gasteiger partial charge in [-0.2, -0.15) is 0 Å². The second kappa shape index (κ2) is 3.07. The van der Waals surface area contributed by atoms with Crippen LogP contribution in [0.15, 0.2) is 22.2 Å². The van der Waals surface area contributed by atoms with Gasteiger partial charge in [0, 0.05) is 0 Å². The summed E-state index contributed by atoms with van der Waals surface area (Å²) in [6.07, 6.45) is 1.72. The van der Waals surface area contributed by atoms with Gasteiger partial charge in [-0.15, -0.1) is 0 Å². The molecule has 2 heteroatoms. The molecule has 0 N–H and O–H groups in total. The molecule has 0 aliphatic heterocycles. The third-order valence-electron chi connectivity index (χ3n) is 1.29. The van der Waals surface area contributed by atoms with Crippen molar-refractivity contribution in [2.45, 2.75) is 13.8 Å². The first-order valence-electron chi connectivity index (χ1n) is 3.34. The molecule has 0 amide bonds. The van der Waals surface area contributed by atoms with Gasteiger partial charge < -0.3 is 4.42 Å². The minimum atomic E-state index is 0.638. The van der Waals surface area contributed by atoms with Crippen molar-refractivity contribution >= 4 is 6.08 Å². The van der Waals surface area contributed by atoms with E-state index in [-0.39, 0.29) is 0 Å². The summed E-state index contributed by atoms with van der Waals surface area (Å²) in [6.45, 7) is 10.3. The number of nitrogens with zero attached hydrogens (tertiary/aromatic N) is 1. The fourth-order valence-electron chi connectivity index (χ4n) is 0.769. The number of allylic oxidation sites excluding steroid dienone is 1. The highest BCUT2D eigenvalue weighted by Gasteiger charge is 1.93. The zero-order valence-corrected chi connectivity index (χ0v) is 6.59. The highest BCUT2D eigenvalue weighted by atomic mass is 16.3. The van der Waals surface area contributed by atoms with Crippen molar-refractivity contribution in [3.05, 3.63) is 40.8 Å². The standard InChI is InChI=1S/C9H9NO/c1-7(10-3)6-9-5-4-8(2)11-9/h4-6H,1-2H3/b7-6-. The molecule has 1 aromatic heterocycles. The lowest BCUT2D eigenvalue weighted by molar-refractivity contribution is 0.525. The molecule has 0 aromatic carbocycles. The fourth-order valence-corrected chi connectivity index (χ4v) is 0.769. The van der Waals surface area contributed by atoms with Crippen LogP contribution in [0.3, 0.4) is 0 Å². The minimum absolute atomic E-state index is 0.638. The Morgan fingerprint density at radius 2 is 2.36 bits per heavy atom. The van der Waals surface area contributed by atoms with Crippen molar-refractivity contribution in [3.8, 4) is 0 Å². The monoisotopic (exact) mass is 147 g/mol. The smallest absolute Gasteiger partial charge is 0.166 e. The van der Waals surface area contributed by atoms with Crippen molar-refractivity contribution < 1.29 is 4.42 Å². The van der Waals surface area contributed by atoms with E-state index in [1.165, 1.54) is 0 Å². The number of rotatable bonds is 1. The molecule has 1 aromatic rings. The normalized spacial score (nSPS) is 11.2. The molecule has 0 radical (unpaired) electrons. The second-order valence-electron chi connectivity index (χ2n) is 2.35. The lowest BCUT2D eigenvalue weighted by Gasteiger charge is -1.84. The van der Waals surface area contributed by atoms with Gasteiger partial charge in [-0.3, -0.25) is 0 Å². The molecule has 0 bridgehead atoms. The Labute approximate surface area is 66.0 Å². The highest BCUT2D eigenvalue weighted by Crippen LogP contribution is 2.10. The van der Waals surface area contributed by atoms with Gasteiger partial charge in [0.25, 0.3) is 0 Å². The molecule has 0 fully saturated rings. The second-order valence-corrected chi connectivity index (χ2v) is 2.35. The Kier molecular flexibility index (Phi) is 2.12. The van der Waals surface area contributed by atoms with Crippen molar-refractivity contribution in [1.82, 2.24) is 0 Å². The quantitative estimate of drug-likeness (QED) is 0.558. The minimum Gasteiger partial charge on any atom is -0.463 e. The van der Waals surface area contributed by atoms with Crippen LogP contribution in [0.1, 0.15) is 18.4 Å². The van der Waals surface area contributed by atoms with Gasteiger partial charge in [0.1, 0.15) is 11.5 Å². The van der Waals surface area contributed by atoms with Gasteiger partial charge in [-0.25, -0.2) is 4.85 Å². The molecule has 11 heavy (non-hydrogen) atoms. The van der Waals surface area contributed by atoms with E-state index in [0.717, 1.165) is 11.5 Å². The van der Waals surface area contributed by atoms with Crippen LogP contribution in [-0.2, 0) is 0 Å². The van der Waals surface area contributed by atoms with E-state index in [2.05, 4.69) is 4.85 Å². The number of aryl methyl sites for hydroxylation is 1. The summed E-state index contributed by atoms with van der Waals surface area (Å²) >= 11 is 0. The topological polar surface area (TPSA) is 17.5 Å². The van der Waals surface area contributed by atoms with Crippen LogP contribution in [0.5, 0.6) is 0 Å². The largest absolute Gasteiger partial charge is 0.463 e. The maximum atomic E-state index is 6.68. The van der Waals surface area contributed by atoms with E-state index in [0.29, 0.717) is 5.70 Å². The van der Waals surface area contributed by atoms with Crippen LogP contribution in [0.25, 0.3) is 10.9 Å². The Bertz CT molecular complexity index is 315. The van der Waals surface area contributed by atoms with E-state index < -0.39 is 0 Å². The maximum Gasteiger partial charge on any atom is 0.166 e. The Hall–Kier alpha value is -1.49. The number of furan rings is 1. The average molecular weight is 147 g/mol. The first-order valence-corrected chi connectivity index (χ1v) is 3.34. The van der Waals surface area contributed by atoms with Crippen LogP contribution in [0.4, 0.5) is 0 Å². The molecule has 56 valence electrons. The summed E-state index contributed by atoms with van der Waals surface area (Å²) in [6, 6.07) is 3.73. The molecule has 0 saturated heterocycles. The lowest BCUT2D eigenvalue weighted by Crippen LogP contribution is -1.64. The molecule has 0 aliphatic carbocycles. The molecule has 1 heterocycles. The Morgan fingerprint density at radius 1 is 1.64 bits per heavy atom. The predicted molar refractivity (Wildman–Crippen MR) is 43.7 cm³/mol. The van der Waals surface area contributed by atoms with Gasteiger partial charge in [0.05, 0.1) is 6.57 Å². The van der Waals surface area contributed by atoms with Gasteiger partial charge in [0.2, 0.25) is 0 Å². The molecular formula is C9H9NO. The van der Waals surface area contributed by atoms with E-state index in [9.17, 15) is 0 Å². The predicted octanol–water partition coefficient (Wildman–Crippen LogP) is 2.87. The highest BCUT2D eigenvalue weighted by molar-refractivity contribution is 5.48. The summed E-state index contributed by atoms with van der Waals surface area (Å²) in [5.41, 5.74) is 0.638. The van der Waals surface area contributed by atoms with Gasteiger partial charge in [-0.1, -0.05) is 0 Å². The third-order valence-corrected chi connectivity index (χ3v) is 1.29. The average Bonchev–Trinajstić information content (AvgIpc) is 2.35. The van der Waals surface area contributed by atoms with Gasteiger partial charge in [-0.05, 0) is 32.1 Å². The van der Waals surface area contributed by atoms with Crippen LogP contribution in [0, 0.1) is 13.5 Å². The van der Waals surface area contributed by atoms with Crippen molar-refractivity contribution in [2.24, 2.45) is 0 Å². The zero-order valence-electron chi connectivity index (χ0n) is 6.59. The van der Waals surface area contributed by atoms with Gasteiger partial charge >= 0.3 is 0 Å². The molecule has 1 rings (SSSR count). The third kappa shape index (κ3) is 1.98. The Morgan fingerprint density at radius 3 is 2.82 bits per heavy atom. The molecule has 0 aliphatic rings. The van der Waals surface area contributed by atoms with E-state index in [1.807, 2.05) is 19.1 Å². The van der Waals surface area contributed by atoms with Crippen LogP contribution >= 0.6 is 0 Å².